The highest BCUT2D eigenvalue weighted by Gasteiger charge is 2.28. The Hall–Kier alpha value is -1.32. The topological polar surface area (TPSA) is 59.0 Å². The van der Waals surface area contributed by atoms with Gasteiger partial charge in [0, 0.05) is 31.3 Å². The number of halogens is 4. The van der Waals surface area contributed by atoms with E-state index in [0.29, 0.717) is 30.6 Å². The summed E-state index contributed by atoms with van der Waals surface area (Å²) in [5.41, 5.74) is 1.39. The Kier molecular flexibility index (Phi) is 12.9. The summed E-state index contributed by atoms with van der Waals surface area (Å²) in [6.45, 7) is 14.7. The van der Waals surface area contributed by atoms with Crippen LogP contribution in [0.4, 0.5) is 14.6 Å². The zero-order chi connectivity index (χ0) is 25.8. The molecule has 5 nitrogen and oxygen atoms in total. The molecule has 210 valence electrons. The molecule has 0 spiro atoms. The maximum absolute atomic E-state index is 14.3. The average molecular weight is 650 g/mol. The Morgan fingerprint density at radius 2 is 1.86 bits per heavy atom. The Labute approximate surface area is 242 Å². The van der Waals surface area contributed by atoms with E-state index >= 15 is 0 Å². The molecule has 1 aromatic carbocycles. The number of hydrogen-bond donors (Lipinski definition) is 2. The Balaban J connectivity index is 0.00000342. The molecule has 0 fully saturated rings. The van der Waals surface area contributed by atoms with Crippen molar-refractivity contribution in [1.29, 1.82) is 0 Å². The van der Waals surface area contributed by atoms with Gasteiger partial charge in [-0.15, -0.1) is 34.0 Å². The summed E-state index contributed by atoms with van der Waals surface area (Å²) in [6, 6.07) is 2.41. The predicted octanol–water partition coefficient (Wildman–Crippen LogP) is 7.24. The maximum Gasteiger partial charge on any atom is 0.228 e. The van der Waals surface area contributed by atoms with Gasteiger partial charge in [0.05, 0.1) is 11.9 Å². The summed E-state index contributed by atoms with van der Waals surface area (Å²) >= 11 is 0. The van der Waals surface area contributed by atoms with Crippen LogP contribution in [0.15, 0.2) is 24.7 Å². The molecule has 1 amide bonds. The third-order valence-electron chi connectivity index (χ3n) is 6.94. The number of anilines is 1. The minimum Gasteiger partial charge on any atom is -0.328 e. The van der Waals surface area contributed by atoms with E-state index in [1.165, 1.54) is 6.07 Å². The zero-order valence-corrected chi connectivity index (χ0v) is 26.4. The van der Waals surface area contributed by atoms with E-state index < -0.39 is 11.6 Å². The summed E-state index contributed by atoms with van der Waals surface area (Å²) in [7, 11) is 0. The highest BCUT2D eigenvalue weighted by atomic mass is 79.9. The van der Waals surface area contributed by atoms with Crippen molar-refractivity contribution in [2.24, 2.45) is 17.3 Å². The number of carbonyl (C=O) groups is 1. The van der Waals surface area contributed by atoms with Gasteiger partial charge in [-0.3, -0.25) is 4.79 Å². The Morgan fingerprint density at radius 1 is 1.16 bits per heavy atom. The van der Waals surface area contributed by atoms with Crippen molar-refractivity contribution in [2.45, 2.75) is 85.6 Å². The van der Waals surface area contributed by atoms with Crippen LogP contribution < -0.4 is 10.6 Å². The lowest BCUT2D eigenvalue weighted by atomic mass is 9.78. The molecule has 9 heteroatoms. The molecular formula is C28H44Br2F2N4O. The largest absolute Gasteiger partial charge is 0.328 e. The third-order valence-corrected chi connectivity index (χ3v) is 6.94. The van der Waals surface area contributed by atoms with Crippen LogP contribution in [-0.4, -0.2) is 28.5 Å². The lowest BCUT2D eigenvalue weighted by molar-refractivity contribution is -0.120. The molecule has 0 unspecified atom stereocenters. The van der Waals surface area contributed by atoms with Crippen LogP contribution in [0.1, 0.15) is 78.4 Å². The first-order valence-corrected chi connectivity index (χ1v) is 12.9. The SMILES string of the molecule is Br.Br.CCC[C@H](C[C@H]1CCc2cc(F)cc(F)c2C1)C(=O)Nc1cn(C(C)(C)CNCC(C)(C)C)cn1. The van der Waals surface area contributed by atoms with Gasteiger partial charge in [0.15, 0.2) is 5.82 Å². The highest BCUT2D eigenvalue weighted by molar-refractivity contribution is 8.93. The second kappa shape index (κ2) is 14.2. The fraction of sp³-hybridized carbons (Fsp3) is 0.643. The number of imidazole rings is 1. The molecule has 0 aliphatic heterocycles. The smallest absolute Gasteiger partial charge is 0.228 e. The standard InChI is InChI=1S/C28H42F2N4O.2BrH/c1-7-8-21(11-19-9-10-20-13-22(29)14-24(30)23(20)12-19)26(35)33-25-15-34(18-32-25)28(5,6)17-31-16-27(2,3)4;;/h13-15,18-19,21,31H,7-12,16-17H2,1-6H3,(H,33,35);2*1H/t19-,21-;;/m1../s1. The van der Waals surface area contributed by atoms with Gasteiger partial charge in [0.2, 0.25) is 5.91 Å². The molecule has 37 heavy (non-hydrogen) atoms. The van der Waals surface area contributed by atoms with Crippen LogP contribution in [0.3, 0.4) is 0 Å². The van der Waals surface area contributed by atoms with Gasteiger partial charge in [-0.05, 0) is 74.5 Å². The van der Waals surface area contributed by atoms with Crippen molar-refractivity contribution in [3.8, 4) is 0 Å². The van der Waals surface area contributed by atoms with Crippen molar-refractivity contribution in [2.75, 3.05) is 18.4 Å². The maximum atomic E-state index is 14.3. The minimum absolute atomic E-state index is 0. The molecule has 1 heterocycles. The van der Waals surface area contributed by atoms with E-state index in [1.807, 2.05) is 10.8 Å². The number of nitrogens with zero attached hydrogens (tertiary/aromatic N) is 2. The number of carbonyl (C=O) groups excluding carboxylic acids is 1. The molecule has 2 atom stereocenters. The zero-order valence-electron chi connectivity index (χ0n) is 23.0. The first kappa shape index (κ1) is 33.7. The van der Waals surface area contributed by atoms with Gasteiger partial charge in [0.1, 0.15) is 11.6 Å². The van der Waals surface area contributed by atoms with E-state index in [1.54, 1.807) is 6.33 Å². The van der Waals surface area contributed by atoms with E-state index in [9.17, 15) is 13.6 Å². The second-order valence-electron chi connectivity index (χ2n) is 12.0. The quantitative estimate of drug-likeness (QED) is 0.285. The number of benzene rings is 1. The van der Waals surface area contributed by atoms with Crippen LogP contribution >= 0.6 is 34.0 Å². The third kappa shape index (κ3) is 9.74. The molecule has 1 aliphatic rings. The molecule has 1 aromatic heterocycles. The lowest BCUT2D eigenvalue weighted by Gasteiger charge is -2.29. The van der Waals surface area contributed by atoms with E-state index in [0.717, 1.165) is 44.0 Å². The monoisotopic (exact) mass is 648 g/mol. The number of nitrogens with one attached hydrogen (secondary N) is 2. The van der Waals surface area contributed by atoms with E-state index in [-0.39, 0.29) is 62.7 Å². The van der Waals surface area contributed by atoms with Crippen LogP contribution in [-0.2, 0) is 23.2 Å². The van der Waals surface area contributed by atoms with Crippen LogP contribution in [0.5, 0.6) is 0 Å². The fourth-order valence-corrected chi connectivity index (χ4v) is 4.95. The molecule has 2 aromatic rings. The van der Waals surface area contributed by atoms with Crippen LogP contribution in [0, 0.1) is 28.9 Å². The van der Waals surface area contributed by atoms with Gasteiger partial charge < -0.3 is 15.2 Å². The van der Waals surface area contributed by atoms with Gasteiger partial charge >= 0.3 is 0 Å². The van der Waals surface area contributed by atoms with Gasteiger partial charge in [0.25, 0.3) is 0 Å². The second-order valence-corrected chi connectivity index (χ2v) is 12.0. The van der Waals surface area contributed by atoms with Crippen LogP contribution in [0.2, 0.25) is 0 Å². The van der Waals surface area contributed by atoms with Crippen LogP contribution in [0.25, 0.3) is 0 Å². The summed E-state index contributed by atoms with van der Waals surface area (Å²) in [5.74, 6) is -0.430. The Bertz CT molecular complexity index is 1020. The predicted molar refractivity (Wildman–Crippen MR) is 158 cm³/mol. The molecule has 1 aliphatic carbocycles. The minimum atomic E-state index is -0.518. The molecule has 0 radical (unpaired) electrons. The molecule has 2 N–H and O–H groups in total. The summed E-state index contributed by atoms with van der Waals surface area (Å²) in [6.07, 6.45) is 8.05. The van der Waals surface area contributed by atoms with Crippen molar-refractivity contribution < 1.29 is 13.6 Å². The number of fused-ring (bicyclic) bond motifs is 1. The van der Waals surface area contributed by atoms with E-state index in [4.69, 9.17) is 0 Å². The first-order chi connectivity index (χ1) is 16.4. The number of rotatable bonds is 10. The Morgan fingerprint density at radius 3 is 2.51 bits per heavy atom. The summed E-state index contributed by atoms with van der Waals surface area (Å²) < 4.78 is 29.9. The normalized spacial score (nSPS) is 16.3. The van der Waals surface area contributed by atoms with Crippen molar-refractivity contribution >= 4 is 45.7 Å². The van der Waals surface area contributed by atoms with Crippen molar-refractivity contribution in [3.05, 3.63) is 47.4 Å². The number of amides is 1. The number of aromatic nitrogens is 2. The van der Waals surface area contributed by atoms with Gasteiger partial charge in [-0.2, -0.15) is 0 Å². The molecular weight excluding hydrogens is 606 g/mol. The molecule has 0 bridgehead atoms. The first-order valence-electron chi connectivity index (χ1n) is 12.9. The summed E-state index contributed by atoms with van der Waals surface area (Å²) in [5, 5.41) is 6.54. The number of hydrogen-bond acceptors (Lipinski definition) is 3. The number of aryl methyl sites for hydroxylation is 1. The molecule has 0 saturated heterocycles. The van der Waals surface area contributed by atoms with E-state index in [2.05, 4.69) is 57.2 Å². The van der Waals surface area contributed by atoms with Gasteiger partial charge in [-0.25, -0.2) is 13.8 Å². The van der Waals surface area contributed by atoms with Crippen molar-refractivity contribution in [1.82, 2.24) is 14.9 Å². The molecule has 0 saturated carbocycles. The van der Waals surface area contributed by atoms with Gasteiger partial charge in [-0.1, -0.05) is 34.1 Å². The fourth-order valence-electron chi connectivity index (χ4n) is 4.95. The average Bonchev–Trinajstić information content (AvgIpc) is 3.22. The highest BCUT2D eigenvalue weighted by Crippen LogP contribution is 2.33. The lowest BCUT2D eigenvalue weighted by Crippen LogP contribution is -2.40. The van der Waals surface area contributed by atoms with Crippen molar-refractivity contribution in [3.63, 3.8) is 0 Å². The molecule has 3 rings (SSSR count). The summed E-state index contributed by atoms with van der Waals surface area (Å²) in [4.78, 5) is 17.6.